The van der Waals surface area contributed by atoms with E-state index in [1.807, 2.05) is 24.3 Å². The molecule has 38 heavy (non-hydrogen) atoms. The maximum atomic E-state index is 13.3. The van der Waals surface area contributed by atoms with Gasteiger partial charge in [0.2, 0.25) is 0 Å². The van der Waals surface area contributed by atoms with Crippen LogP contribution in [0.5, 0.6) is 11.5 Å². The van der Waals surface area contributed by atoms with Gasteiger partial charge in [-0.05, 0) is 36.2 Å². The van der Waals surface area contributed by atoms with Crippen LogP contribution in [0.3, 0.4) is 0 Å². The molecule has 0 atom stereocenters. The molecule has 0 aliphatic heterocycles. The highest BCUT2D eigenvalue weighted by atomic mass is 35.5. The van der Waals surface area contributed by atoms with Crippen LogP contribution >= 0.6 is 22.9 Å². The van der Waals surface area contributed by atoms with Gasteiger partial charge in [-0.3, -0.25) is 24.3 Å². The summed E-state index contributed by atoms with van der Waals surface area (Å²) in [5.74, 6) is 0.163. The molecule has 5 aromatic rings. The topological polar surface area (TPSA) is 116 Å². The van der Waals surface area contributed by atoms with E-state index >= 15 is 0 Å². The Morgan fingerprint density at radius 1 is 1.11 bits per heavy atom. The van der Waals surface area contributed by atoms with Gasteiger partial charge in [0.25, 0.3) is 17.2 Å². The fourth-order valence-electron chi connectivity index (χ4n) is 3.93. The monoisotopic (exact) mass is 546 g/mol. The number of nitro benzene ring substituents is 1. The number of hydrogen-bond donors (Lipinski definition) is 1. The molecule has 0 unspecified atom stereocenters. The number of benzene rings is 3. The summed E-state index contributed by atoms with van der Waals surface area (Å²) in [4.78, 5) is 42.5. The van der Waals surface area contributed by atoms with Crippen LogP contribution in [0.15, 0.2) is 83.9 Å². The van der Waals surface area contributed by atoms with Crippen molar-refractivity contribution in [2.45, 2.75) is 13.5 Å². The Balaban J connectivity index is 1.45. The molecule has 11 heteroatoms. The van der Waals surface area contributed by atoms with Crippen molar-refractivity contribution in [3.05, 3.63) is 121 Å². The normalized spacial score (nSPS) is 10.9. The minimum Gasteiger partial charge on any atom is -0.457 e. The minimum absolute atomic E-state index is 0.177. The van der Waals surface area contributed by atoms with Crippen molar-refractivity contribution in [1.29, 1.82) is 0 Å². The highest BCUT2D eigenvalue weighted by molar-refractivity contribution is 7.20. The van der Waals surface area contributed by atoms with Crippen LogP contribution in [-0.4, -0.2) is 20.4 Å². The Morgan fingerprint density at radius 2 is 1.84 bits per heavy atom. The smallest absolute Gasteiger partial charge is 0.275 e. The van der Waals surface area contributed by atoms with Crippen molar-refractivity contribution in [2.75, 3.05) is 5.32 Å². The number of aromatic nitrogens is 2. The van der Waals surface area contributed by atoms with E-state index in [-0.39, 0.29) is 34.1 Å². The van der Waals surface area contributed by atoms with E-state index in [2.05, 4.69) is 10.3 Å². The summed E-state index contributed by atoms with van der Waals surface area (Å²) in [7, 11) is 0. The van der Waals surface area contributed by atoms with Crippen LogP contribution in [0.2, 0.25) is 5.02 Å². The van der Waals surface area contributed by atoms with E-state index in [4.69, 9.17) is 16.3 Å². The van der Waals surface area contributed by atoms with Gasteiger partial charge in [-0.25, -0.2) is 4.98 Å². The number of anilines is 1. The third-order valence-corrected chi connectivity index (χ3v) is 7.33. The molecular weight excluding hydrogens is 528 g/mol. The molecule has 0 radical (unpaired) electrons. The van der Waals surface area contributed by atoms with Crippen LogP contribution in [-0.2, 0) is 6.54 Å². The summed E-state index contributed by atoms with van der Waals surface area (Å²) in [6, 6.07) is 20.0. The van der Waals surface area contributed by atoms with Crippen molar-refractivity contribution in [2.24, 2.45) is 0 Å². The van der Waals surface area contributed by atoms with Crippen molar-refractivity contribution in [3.63, 3.8) is 0 Å². The number of non-ortho nitro benzene ring substituents is 1. The third-order valence-electron chi connectivity index (χ3n) is 5.76. The number of aryl methyl sites for hydroxylation is 1. The van der Waals surface area contributed by atoms with Crippen LogP contribution in [0.1, 0.15) is 20.8 Å². The van der Waals surface area contributed by atoms with Gasteiger partial charge in [0, 0.05) is 17.2 Å². The average Bonchev–Trinajstić information content (AvgIpc) is 3.24. The maximum absolute atomic E-state index is 13.3. The Morgan fingerprint density at radius 3 is 2.58 bits per heavy atom. The van der Waals surface area contributed by atoms with Crippen molar-refractivity contribution >= 4 is 50.4 Å². The zero-order chi connectivity index (χ0) is 26.8. The number of fused-ring (bicyclic) bond motifs is 1. The SMILES string of the molecule is Cc1c(C(=O)Nc2cc(Oc3ccccc3)cc([N+](=O)[O-])c2)sc2ncn(Cc3ccccc3Cl)c(=O)c12. The van der Waals surface area contributed by atoms with E-state index in [0.717, 1.165) is 16.9 Å². The van der Waals surface area contributed by atoms with E-state index in [1.54, 1.807) is 37.3 Å². The van der Waals surface area contributed by atoms with Gasteiger partial charge in [-0.1, -0.05) is 48.0 Å². The van der Waals surface area contributed by atoms with Crippen molar-refractivity contribution in [3.8, 4) is 11.5 Å². The van der Waals surface area contributed by atoms with E-state index in [9.17, 15) is 19.7 Å². The van der Waals surface area contributed by atoms with Crippen LogP contribution in [0.25, 0.3) is 10.2 Å². The zero-order valence-corrected chi connectivity index (χ0v) is 21.5. The fraction of sp³-hybridized carbons (Fsp3) is 0.0741. The number of nitrogens with zero attached hydrogens (tertiary/aromatic N) is 3. The van der Waals surface area contributed by atoms with E-state index in [0.29, 0.717) is 26.6 Å². The third kappa shape index (κ3) is 5.13. The molecule has 1 amide bonds. The highest BCUT2D eigenvalue weighted by Crippen LogP contribution is 2.32. The van der Waals surface area contributed by atoms with E-state index < -0.39 is 10.8 Å². The number of ether oxygens (including phenoxy) is 1. The second kappa shape index (κ2) is 10.4. The lowest BCUT2D eigenvalue weighted by molar-refractivity contribution is -0.384. The Hall–Kier alpha value is -4.54. The quantitative estimate of drug-likeness (QED) is 0.186. The van der Waals surface area contributed by atoms with Crippen LogP contribution in [0, 0.1) is 17.0 Å². The molecule has 0 saturated carbocycles. The summed E-state index contributed by atoms with van der Waals surface area (Å²) in [5, 5.41) is 15.1. The van der Waals surface area contributed by atoms with Gasteiger partial charge in [0.15, 0.2) is 0 Å². The second-order valence-electron chi connectivity index (χ2n) is 8.35. The molecule has 0 saturated heterocycles. The summed E-state index contributed by atoms with van der Waals surface area (Å²) in [5.41, 5.74) is 0.876. The molecule has 190 valence electrons. The molecule has 0 fully saturated rings. The fourth-order valence-corrected chi connectivity index (χ4v) is 5.16. The second-order valence-corrected chi connectivity index (χ2v) is 9.75. The Labute approximate surface area is 225 Å². The van der Waals surface area contributed by atoms with Crippen LogP contribution in [0.4, 0.5) is 11.4 Å². The standard InChI is InChI=1S/C27H19ClN4O5S/c1-16-23-26(29-15-31(27(23)34)14-17-7-5-6-10-22(17)28)38-24(16)25(33)30-18-11-19(32(35)36)13-21(12-18)37-20-8-3-2-4-9-20/h2-13,15H,14H2,1H3,(H,30,33). The number of hydrogen-bond acceptors (Lipinski definition) is 7. The van der Waals surface area contributed by atoms with Crippen molar-refractivity contribution < 1.29 is 14.5 Å². The predicted molar refractivity (Wildman–Crippen MR) is 147 cm³/mol. The summed E-state index contributed by atoms with van der Waals surface area (Å²) in [6.07, 6.45) is 1.43. The first-order valence-electron chi connectivity index (χ1n) is 11.4. The summed E-state index contributed by atoms with van der Waals surface area (Å²) >= 11 is 7.32. The van der Waals surface area contributed by atoms with E-state index in [1.165, 1.54) is 29.1 Å². The first-order chi connectivity index (χ1) is 18.3. The molecule has 0 aliphatic rings. The first-order valence-corrected chi connectivity index (χ1v) is 12.6. The number of amides is 1. The lowest BCUT2D eigenvalue weighted by atomic mass is 10.2. The van der Waals surface area contributed by atoms with Gasteiger partial charge >= 0.3 is 0 Å². The lowest BCUT2D eigenvalue weighted by Crippen LogP contribution is -2.21. The Kier molecular flexibility index (Phi) is 6.91. The number of nitrogens with one attached hydrogen (secondary N) is 1. The number of halogens is 1. The molecule has 3 aromatic carbocycles. The van der Waals surface area contributed by atoms with Gasteiger partial charge in [0.1, 0.15) is 16.3 Å². The molecule has 2 aromatic heterocycles. The number of carbonyl (C=O) groups excluding carboxylic acids is 1. The lowest BCUT2D eigenvalue weighted by Gasteiger charge is -2.09. The molecule has 0 spiro atoms. The number of rotatable bonds is 7. The molecule has 1 N–H and O–H groups in total. The molecule has 9 nitrogen and oxygen atoms in total. The van der Waals surface area contributed by atoms with Crippen LogP contribution < -0.4 is 15.6 Å². The van der Waals surface area contributed by atoms with Gasteiger partial charge < -0.3 is 10.1 Å². The van der Waals surface area contributed by atoms with Crippen molar-refractivity contribution in [1.82, 2.24) is 9.55 Å². The minimum atomic E-state index is -0.566. The average molecular weight is 547 g/mol. The number of carbonyl (C=O) groups is 1. The summed E-state index contributed by atoms with van der Waals surface area (Å²) < 4.78 is 7.18. The summed E-state index contributed by atoms with van der Waals surface area (Å²) in [6.45, 7) is 1.91. The Bertz CT molecular complexity index is 1750. The zero-order valence-electron chi connectivity index (χ0n) is 19.9. The van der Waals surface area contributed by atoms with Gasteiger partial charge in [-0.15, -0.1) is 11.3 Å². The van der Waals surface area contributed by atoms with Gasteiger partial charge in [-0.2, -0.15) is 0 Å². The number of thiophene rings is 1. The molecule has 0 aliphatic carbocycles. The van der Waals surface area contributed by atoms with Gasteiger partial charge in [0.05, 0.1) is 39.8 Å². The molecule has 2 heterocycles. The number of para-hydroxylation sites is 1. The molecule has 5 rings (SSSR count). The largest absolute Gasteiger partial charge is 0.457 e. The number of nitro groups is 1. The first kappa shape index (κ1) is 25.1. The maximum Gasteiger partial charge on any atom is 0.275 e. The molecule has 0 bridgehead atoms. The molecular formula is C27H19ClN4O5S. The highest BCUT2D eigenvalue weighted by Gasteiger charge is 2.21. The predicted octanol–water partition coefficient (Wildman–Crippen LogP) is 6.42.